The summed E-state index contributed by atoms with van der Waals surface area (Å²) in [6.07, 6.45) is 1.99. The quantitative estimate of drug-likeness (QED) is 0.624. The highest BCUT2D eigenvalue weighted by atomic mass is 16.1. The van der Waals surface area contributed by atoms with Crippen molar-refractivity contribution in [1.82, 2.24) is 0 Å². The van der Waals surface area contributed by atoms with Crippen molar-refractivity contribution >= 4 is 6.29 Å². The summed E-state index contributed by atoms with van der Waals surface area (Å²) in [6.45, 7) is 4.04. The first-order valence-corrected chi connectivity index (χ1v) is 4.32. The van der Waals surface area contributed by atoms with Crippen LogP contribution in [0.4, 0.5) is 0 Å². The van der Waals surface area contributed by atoms with E-state index in [-0.39, 0.29) is 5.92 Å². The van der Waals surface area contributed by atoms with Crippen LogP contribution in [-0.4, -0.2) is 6.29 Å². The van der Waals surface area contributed by atoms with Gasteiger partial charge in [0.25, 0.3) is 0 Å². The highest BCUT2D eigenvalue weighted by molar-refractivity contribution is 5.62. The smallest absolute Gasteiger partial charge is 0.127 e. The zero-order valence-electron chi connectivity index (χ0n) is 7.58. The molecule has 0 aromatic heterocycles. The van der Waals surface area contributed by atoms with Gasteiger partial charge in [0.1, 0.15) is 6.29 Å². The zero-order valence-corrected chi connectivity index (χ0v) is 7.58. The molecule has 0 saturated carbocycles. The van der Waals surface area contributed by atoms with Crippen molar-refractivity contribution in [3.05, 3.63) is 35.4 Å². The summed E-state index contributed by atoms with van der Waals surface area (Å²) in [4.78, 5) is 10.6. The summed E-state index contributed by atoms with van der Waals surface area (Å²) < 4.78 is 0. The molecule has 1 aromatic rings. The van der Waals surface area contributed by atoms with Crippen LogP contribution in [0.25, 0.3) is 0 Å². The Labute approximate surface area is 73.4 Å². The molecule has 0 aliphatic carbocycles. The molecule has 12 heavy (non-hydrogen) atoms. The van der Waals surface area contributed by atoms with Gasteiger partial charge < -0.3 is 4.79 Å². The lowest BCUT2D eigenvalue weighted by atomic mass is 9.96. The van der Waals surface area contributed by atoms with Gasteiger partial charge in [0.15, 0.2) is 0 Å². The van der Waals surface area contributed by atoms with E-state index in [9.17, 15) is 4.79 Å². The van der Waals surface area contributed by atoms with E-state index in [1.54, 1.807) is 0 Å². The number of aryl methyl sites for hydroxylation is 1. The van der Waals surface area contributed by atoms with E-state index >= 15 is 0 Å². The van der Waals surface area contributed by atoms with E-state index in [1.165, 1.54) is 5.56 Å². The minimum atomic E-state index is 0.0288. The van der Waals surface area contributed by atoms with Gasteiger partial charge in [-0.3, -0.25) is 0 Å². The minimum Gasteiger partial charge on any atom is -0.303 e. The van der Waals surface area contributed by atoms with Gasteiger partial charge in [-0.1, -0.05) is 38.1 Å². The van der Waals surface area contributed by atoms with Crippen LogP contribution in [0.3, 0.4) is 0 Å². The standard InChI is InChI=1S/C11H14O/c1-3-10-6-4-5-7-11(10)9(2)8-12/h4-9H,3H2,1-2H3. The van der Waals surface area contributed by atoms with E-state index in [0.29, 0.717) is 0 Å². The largest absolute Gasteiger partial charge is 0.303 e. The molecule has 0 amide bonds. The molecule has 1 unspecified atom stereocenters. The molecule has 1 nitrogen and oxygen atoms in total. The molecule has 0 saturated heterocycles. The van der Waals surface area contributed by atoms with Gasteiger partial charge in [-0.05, 0) is 17.5 Å². The lowest BCUT2D eigenvalue weighted by Gasteiger charge is -2.08. The number of benzene rings is 1. The fourth-order valence-corrected chi connectivity index (χ4v) is 1.37. The van der Waals surface area contributed by atoms with Gasteiger partial charge in [0, 0.05) is 5.92 Å². The summed E-state index contributed by atoms with van der Waals surface area (Å²) in [5.74, 6) is 0.0288. The number of rotatable bonds is 3. The summed E-state index contributed by atoms with van der Waals surface area (Å²) >= 11 is 0. The second-order valence-electron chi connectivity index (χ2n) is 2.98. The molecule has 1 heteroatoms. The van der Waals surface area contributed by atoms with E-state index < -0.39 is 0 Å². The first kappa shape index (κ1) is 8.98. The Hall–Kier alpha value is -1.11. The maximum absolute atomic E-state index is 10.6. The summed E-state index contributed by atoms with van der Waals surface area (Å²) in [6, 6.07) is 8.10. The van der Waals surface area contributed by atoms with Gasteiger partial charge in [-0.25, -0.2) is 0 Å². The number of carbonyl (C=O) groups excluding carboxylic acids is 1. The molecular weight excluding hydrogens is 148 g/mol. The highest BCUT2D eigenvalue weighted by Gasteiger charge is 2.06. The SMILES string of the molecule is CCc1ccccc1C(C)C=O. The number of hydrogen-bond acceptors (Lipinski definition) is 1. The third-order valence-corrected chi connectivity index (χ3v) is 2.13. The molecule has 0 heterocycles. The summed E-state index contributed by atoms with van der Waals surface area (Å²) in [5.41, 5.74) is 2.44. The van der Waals surface area contributed by atoms with Crippen LogP contribution in [0.15, 0.2) is 24.3 Å². The second-order valence-corrected chi connectivity index (χ2v) is 2.98. The van der Waals surface area contributed by atoms with Crippen molar-refractivity contribution in [2.75, 3.05) is 0 Å². The van der Waals surface area contributed by atoms with Crippen LogP contribution in [0.1, 0.15) is 30.9 Å². The van der Waals surface area contributed by atoms with Crippen molar-refractivity contribution in [1.29, 1.82) is 0 Å². The van der Waals surface area contributed by atoms with Crippen LogP contribution in [-0.2, 0) is 11.2 Å². The predicted molar refractivity (Wildman–Crippen MR) is 50.3 cm³/mol. The molecule has 0 spiro atoms. The van der Waals surface area contributed by atoms with Gasteiger partial charge in [-0.15, -0.1) is 0 Å². The first-order valence-electron chi connectivity index (χ1n) is 4.32. The Balaban J connectivity index is 3.04. The van der Waals surface area contributed by atoms with Gasteiger partial charge in [0.05, 0.1) is 0 Å². The Bertz CT molecular complexity index is 265. The average molecular weight is 162 g/mol. The number of aldehydes is 1. The van der Waals surface area contributed by atoms with E-state index in [0.717, 1.165) is 18.3 Å². The zero-order chi connectivity index (χ0) is 8.97. The topological polar surface area (TPSA) is 17.1 Å². The van der Waals surface area contributed by atoms with E-state index in [4.69, 9.17) is 0 Å². The Kier molecular flexibility index (Phi) is 3.03. The van der Waals surface area contributed by atoms with E-state index in [1.807, 2.05) is 25.1 Å². The monoisotopic (exact) mass is 162 g/mol. The van der Waals surface area contributed by atoms with Crippen molar-refractivity contribution in [3.8, 4) is 0 Å². The van der Waals surface area contributed by atoms with Gasteiger partial charge >= 0.3 is 0 Å². The molecule has 0 aliphatic rings. The van der Waals surface area contributed by atoms with Crippen molar-refractivity contribution < 1.29 is 4.79 Å². The fourth-order valence-electron chi connectivity index (χ4n) is 1.37. The molecule has 1 atom stereocenters. The lowest BCUT2D eigenvalue weighted by Crippen LogP contribution is -1.98. The molecule has 64 valence electrons. The molecule has 0 N–H and O–H groups in total. The summed E-state index contributed by atoms with van der Waals surface area (Å²) in [5, 5.41) is 0. The van der Waals surface area contributed by atoms with E-state index in [2.05, 4.69) is 13.0 Å². The van der Waals surface area contributed by atoms with Gasteiger partial charge in [-0.2, -0.15) is 0 Å². The van der Waals surface area contributed by atoms with Crippen LogP contribution in [0.2, 0.25) is 0 Å². The maximum Gasteiger partial charge on any atom is 0.127 e. The Morgan fingerprint density at radius 2 is 2.08 bits per heavy atom. The first-order chi connectivity index (χ1) is 5.79. The normalized spacial score (nSPS) is 12.5. The lowest BCUT2D eigenvalue weighted by molar-refractivity contribution is -0.108. The minimum absolute atomic E-state index is 0.0288. The predicted octanol–water partition coefficient (Wildman–Crippen LogP) is 2.55. The number of hydrogen-bond donors (Lipinski definition) is 0. The molecule has 0 radical (unpaired) electrons. The third kappa shape index (κ3) is 1.73. The van der Waals surface area contributed by atoms with Crippen LogP contribution < -0.4 is 0 Å². The van der Waals surface area contributed by atoms with Gasteiger partial charge in [0.2, 0.25) is 0 Å². The second kappa shape index (κ2) is 4.05. The van der Waals surface area contributed by atoms with Crippen molar-refractivity contribution in [2.45, 2.75) is 26.2 Å². The Morgan fingerprint density at radius 3 is 2.67 bits per heavy atom. The van der Waals surface area contributed by atoms with Crippen LogP contribution in [0, 0.1) is 0 Å². The third-order valence-electron chi connectivity index (χ3n) is 2.13. The molecule has 0 bridgehead atoms. The van der Waals surface area contributed by atoms with Crippen molar-refractivity contribution in [2.24, 2.45) is 0 Å². The molecule has 0 fully saturated rings. The fraction of sp³-hybridized carbons (Fsp3) is 0.364. The van der Waals surface area contributed by atoms with Crippen molar-refractivity contribution in [3.63, 3.8) is 0 Å². The maximum atomic E-state index is 10.6. The molecule has 1 aromatic carbocycles. The number of carbonyl (C=O) groups is 1. The summed E-state index contributed by atoms with van der Waals surface area (Å²) in [7, 11) is 0. The van der Waals surface area contributed by atoms with Crippen LogP contribution in [0.5, 0.6) is 0 Å². The average Bonchev–Trinajstić information content (AvgIpc) is 2.16. The molecular formula is C11H14O. The molecule has 1 rings (SSSR count). The Morgan fingerprint density at radius 1 is 1.42 bits per heavy atom. The van der Waals surface area contributed by atoms with Crippen LogP contribution >= 0.6 is 0 Å². The highest BCUT2D eigenvalue weighted by Crippen LogP contribution is 2.17. The molecule has 0 aliphatic heterocycles.